The predicted octanol–water partition coefficient (Wildman–Crippen LogP) is 3.22. The number of nitrogens with two attached hydrogens (primary N) is 1. The molecule has 0 amide bonds. The largest absolute Gasteiger partial charge is 0.495 e. The van der Waals surface area contributed by atoms with Crippen LogP contribution in [0.1, 0.15) is 13.8 Å². The first-order chi connectivity index (χ1) is 8.88. The zero-order valence-electron chi connectivity index (χ0n) is 11.7. The number of guanidine groups is 1. The fraction of sp³-hybridized carbons (Fsp3) is 0.462. The lowest BCUT2D eigenvalue weighted by Gasteiger charge is -2.19. The van der Waals surface area contributed by atoms with Crippen molar-refractivity contribution in [2.24, 2.45) is 10.7 Å². The summed E-state index contributed by atoms with van der Waals surface area (Å²) in [6.45, 7) is 4.90. The Morgan fingerprint density at radius 2 is 2.21 bits per heavy atom. The number of methoxy groups -OCH3 is 1. The van der Waals surface area contributed by atoms with Gasteiger partial charge in [-0.1, -0.05) is 11.6 Å². The maximum Gasteiger partial charge on any atom is 0.193 e. The van der Waals surface area contributed by atoms with Crippen LogP contribution in [0.25, 0.3) is 0 Å². The van der Waals surface area contributed by atoms with Crippen LogP contribution in [0.15, 0.2) is 23.2 Å². The van der Waals surface area contributed by atoms with Crippen LogP contribution in [0.5, 0.6) is 5.75 Å². The van der Waals surface area contributed by atoms with E-state index in [1.54, 1.807) is 31.0 Å². The van der Waals surface area contributed by atoms with Crippen molar-refractivity contribution in [1.29, 1.82) is 0 Å². The van der Waals surface area contributed by atoms with Gasteiger partial charge in [-0.05, 0) is 38.3 Å². The molecule has 0 atom stereocenters. The number of rotatable bonds is 5. The van der Waals surface area contributed by atoms with E-state index in [9.17, 15) is 0 Å². The molecule has 1 aromatic carbocycles. The van der Waals surface area contributed by atoms with Crippen LogP contribution in [-0.4, -0.2) is 30.6 Å². The maximum atomic E-state index is 6.04. The van der Waals surface area contributed by atoms with Crippen LogP contribution in [0.4, 0.5) is 5.69 Å². The molecular weight excluding hydrogens is 282 g/mol. The summed E-state index contributed by atoms with van der Waals surface area (Å²) in [5.74, 6) is 1.01. The molecule has 0 saturated heterocycles. The third-order valence-corrected chi connectivity index (χ3v) is 4.14. The average Bonchev–Trinajstić information content (AvgIpc) is 2.37. The topological polar surface area (TPSA) is 59.6 Å². The molecule has 0 aliphatic carbocycles. The van der Waals surface area contributed by atoms with Crippen LogP contribution in [-0.2, 0) is 0 Å². The highest BCUT2D eigenvalue weighted by Crippen LogP contribution is 2.27. The van der Waals surface area contributed by atoms with Gasteiger partial charge in [0.15, 0.2) is 5.96 Å². The molecule has 0 unspecified atom stereocenters. The smallest absolute Gasteiger partial charge is 0.193 e. The predicted molar refractivity (Wildman–Crippen MR) is 85.7 cm³/mol. The first-order valence-electron chi connectivity index (χ1n) is 5.83. The number of nitrogens with zero attached hydrogens (tertiary/aromatic N) is 1. The van der Waals surface area contributed by atoms with E-state index in [0.29, 0.717) is 23.3 Å². The minimum absolute atomic E-state index is 0.0733. The zero-order valence-corrected chi connectivity index (χ0v) is 13.2. The van der Waals surface area contributed by atoms with Crippen molar-refractivity contribution in [2.75, 3.05) is 25.2 Å². The molecule has 0 aromatic heterocycles. The summed E-state index contributed by atoms with van der Waals surface area (Å²) >= 11 is 7.79. The van der Waals surface area contributed by atoms with E-state index in [1.807, 2.05) is 6.07 Å². The number of ether oxygens (including phenoxy) is 1. The van der Waals surface area contributed by atoms with E-state index < -0.39 is 0 Å². The first kappa shape index (κ1) is 16.0. The number of hydrogen-bond acceptors (Lipinski definition) is 3. The summed E-state index contributed by atoms with van der Waals surface area (Å²) in [6, 6.07) is 5.37. The number of nitrogens with one attached hydrogen (secondary N) is 1. The molecule has 3 N–H and O–H groups in total. The fourth-order valence-electron chi connectivity index (χ4n) is 1.27. The van der Waals surface area contributed by atoms with Crippen LogP contribution in [0, 0.1) is 0 Å². The molecule has 4 nitrogen and oxygen atoms in total. The number of halogens is 1. The summed E-state index contributed by atoms with van der Waals surface area (Å²) in [4.78, 5) is 4.32. The Morgan fingerprint density at radius 1 is 1.53 bits per heavy atom. The second-order valence-electron chi connectivity index (χ2n) is 4.64. The molecule has 106 valence electrons. The van der Waals surface area contributed by atoms with E-state index >= 15 is 0 Å². The highest BCUT2D eigenvalue weighted by Gasteiger charge is 2.15. The molecule has 1 rings (SSSR count). The quantitative estimate of drug-likeness (QED) is 0.647. The summed E-state index contributed by atoms with van der Waals surface area (Å²) < 4.78 is 5.16. The molecule has 1 aromatic rings. The van der Waals surface area contributed by atoms with Crippen molar-refractivity contribution in [2.45, 2.75) is 18.6 Å². The normalized spacial score (nSPS) is 12.4. The van der Waals surface area contributed by atoms with E-state index in [4.69, 9.17) is 22.1 Å². The van der Waals surface area contributed by atoms with Gasteiger partial charge in [-0.25, -0.2) is 0 Å². The molecule has 6 heteroatoms. The van der Waals surface area contributed by atoms with Gasteiger partial charge in [0.05, 0.1) is 18.7 Å². The number of hydrogen-bond donors (Lipinski definition) is 2. The molecule has 0 spiro atoms. The Balaban J connectivity index is 2.69. The second kappa shape index (κ2) is 6.91. The van der Waals surface area contributed by atoms with Crippen LogP contribution < -0.4 is 15.8 Å². The van der Waals surface area contributed by atoms with Crippen LogP contribution >= 0.6 is 23.4 Å². The Hall–Kier alpha value is -1.07. The number of benzene rings is 1. The molecule has 0 fully saturated rings. The number of aliphatic imine (C=N–C) groups is 1. The van der Waals surface area contributed by atoms with Crippen molar-refractivity contribution >= 4 is 35.0 Å². The number of anilines is 1. The van der Waals surface area contributed by atoms with Crippen LogP contribution in [0.2, 0.25) is 5.02 Å². The van der Waals surface area contributed by atoms with Gasteiger partial charge in [-0.3, -0.25) is 4.99 Å². The molecule has 0 radical (unpaired) electrons. The molecule has 0 bridgehead atoms. The van der Waals surface area contributed by atoms with Gasteiger partial charge in [0.1, 0.15) is 5.75 Å². The van der Waals surface area contributed by atoms with Crippen molar-refractivity contribution in [3.8, 4) is 5.75 Å². The summed E-state index contributed by atoms with van der Waals surface area (Å²) in [6.07, 6.45) is 2.06. The molecule has 0 aliphatic heterocycles. The molecule has 19 heavy (non-hydrogen) atoms. The lowest BCUT2D eigenvalue weighted by Crippen LogP contribution is -2.27. The van der Waals surface area contributed by atoms with Crippen molar-refractivity contribution in [1.82, 2.24) is 0 Å². The Morgan fingerprint density at radius 3 is 2.74 bits per heavy atom. The van der Waals surface area contributed by atoms with Crippen molar-refractivity contribution in [3.05, 3.63) is 23.2 Å². The first-order valence-corrected chi connectivity index (χ1v) is 7.44. The molecule has 0 aliphatic rings. The molecule has 0 saturated carbocycles. The highest BCUT2D eigenvalue weighted by molar-refractivity contribution is 7.99. The van der Waals surface area contributed by atoms with Crippen molar-refractivity contribution < 1.29 is 4.74 Å². The minimum atomic E-state index is 0.0733. The lowest BCUT2D eigenvalue weighted by molar-refractivity contribution is 0.415. The molecular formula is C13H20ClN3OS. The third-order valence-electron chi connectivity index (χ3n) is 2.61. The van der Waals surface area contributed by atoms with Crippen molar-refractivity contribution in [3.63, 3.8) is 0 Å². The second-order valence-corrected chi connectivity index (χ2v) is 6.56. The average molecular weight is 302 g/mol. The van der Waals surface area contributed by atoms with Gasteiger partial charge in [-0.15, -0.1) is 0 Å². The Bertz CT molecular complexity index is 463. The van der Waals surface area contributed by atoms with Gasteiger partial charge in [0.2, 0.25) is 0 Å². The van der Waals surface area contributed by atoms with E-state index in [2.05, 4.69) is 30.4 Å². The Labute approximate surface area is 123 Å². The lowest BCUT2D eigenvalue weighted by atomic mass is 10.2. The van der Waals surface area contributed by atoms with E-state index in [0.717, 1.165) is 5.69 Å². The zero-order chi connectivity index (χ0) is 14.5. The third kappa shape index (κ3) is 5.20. The van der Waals surface area contributed by atoms with Gasteiger partial charge in [-0.2, -0.15) is 11.8 Å². The van der Waals surface area contributed by atoms with Gasteiger partial charge >= 0.3 is 0 Å². The summed E-state index contributed by atoms with van der Waals surface area (Å²) in [5.41, 5.74) is 6.63. The van der Waals surface area contributed by atoms with Gasteiger partial charge in [0, 0.05) is 10.4 Å². The Kier molecular flexibility index (Phi) is 5.82. The maximum absolute atomic E-state index is 6.04. The summed E-state index contributed by atoms with van der Waals surface area (Å²) in [7, 11) is 1.58. The standard InChI is InChI=1S/C13H20ClN3OS/c1-13(2,19-4)8-16-12(15)17-9-5-6-11(18-3)10(14)7-9/h5-7H,8H2,1-4H3,(H3,15,16,17). The van der Waals surface area contributed by atoms with Gasteiger partial charge < -0.3 is 15.8 Å². The highest BCUT2D eigenvalue weighted by atomic mass is 35.5. The monoisotopic (exact) mass is 301 g/mol. The van der Waals surface area contributed by atoms with E-state index in [-0.39, 0.29) is 4.75 Å². The number of thioether (sulfide) groups is 1. The minimum Gasteiger partial charge on any atom is -0.495 e. The molecule has 0 heterocycles. The summed E-state index contributed by atoms with van der Waals surface area (Å²) in [5, 5.41) is 3.54. The fourth-order valence-corrected chi connectivity index (χ4v) is 1.72. The van der Waals surface area contributed by atoms with Crippen LogP contribution in [0.3, 0.4) is 0 Å². The SMILES string of the molecule is COc1ccc(NC(N)=NCC(C)(C)SC)cc1Cl. The van der Waals surface area contributed by atoms with Gasteiger partial charge in [0.25, 0.3) is 0 Å². The van der Waals surface area contributed by atoms with E-state index in [1.165, 1.54) is 0 Å².